The molecule has 104 valence electrons. The van der Waals surface area contributed by atoms with Crippen LogP contribution in [0.1, 0.15) is 22.3 Å². The molecule has 0 amide bonds. The molecule has 0 saturated heterocycles. The van der Waals surface area contributed by atoms with Gasteiger partial charge < -0.3 is 4.74 Å². The standard InChI is InChI=1S/C15H21BrN2O/c1-10-11(2)15(19-5)13(12(3)14(10)16)6-8-18(4)9-7-17/h6,8-9H2,1-5H3. The maximum Gasteiger partial charge on any atom is 0.125 e. The molecule has 4 heteroatoms. The van der Waals surface area contributed by atoms with Gasteiger partial charge in [-0.15, -0.1) is 0 Å². The van der Waals surface area contributed by atoms with E-state index >= 15 is 0 Å². The summed E-state index contributed by atoms with van der Waals surface area (Å²) < 4.78 is 6.74. The lowest BCUT2D eigenvalue weighted by Gasteiger charge is -2.20. The number of methoxy groups -OCH3 is 1. The van der Waals surface area contributed by atoms with Crippen molar-refractivity contribution in [1.29, 1.82) is 5.26 Å². The van der Waals surface area contributed by atoms with Crippen LogP contribution in [-0.4, -0.2) is 32.1 Å². The SMILES string of the molecule is COc1c(C)c(C)c(Br)c(C)c1CCN(C)CC#N. The quantitative estimate of drug-likeness (QED) is 0.779. The van der Waals surface area contributed by atoms with E-state index in [0.29, 0.717) is 6.54 Å². The second-order valence-electron chi connectivity index (χ2n) is 4.85. The highest BCUT2D eigenvalue weighted by Gasteiger charge is 2.16. The highest BCUT2D eigenvalue weighted by atomic mass is 79.9. The second kappa shape index (κ2) is 6.93. The number of likely N-dealkylation sites (N-methyl/N-ethyl adjacent to an activating group) is 1. The van der Waals surface area contributed by atoms with E-state index in [2.05, 4.69) is 42.8 Å². The Morgan fingerprint density at radius 3 is 2.37 bits per heavy atom. The maximum atomic E-state index is 8.69. The molecule has 0 bridgehead atoms. The van der Waals surface area contributed by atoms with E-state index in [1.165, 1.54) is 22.3 Å². The highest BCUT2D eigenvalue weighted by Crippen LogP contribution is 2.36. The molecule has 0 saturated carbocycles. The number of hydrogen-bond donors (Lipinski definition) is 0. The van der Waals surface area contributed by atoms with Crippen LogP contribution in [0.3, 0.4) is 0 Å². The Hall–Kier alpha value is -1.05. The first-order valence-electron chi connectivity index (χ1n) is 6.31. The summed E-state index contributed by atoms with van der Waals surface area (Å²) in [6, 6.07) is 2.16. The molecule has 0 heterocycles. The van der Waals surface area contributed by atoms with Gasteiger partial charge in [-0.05, 0) is 56.5 Å². The molecule has 0 N–H and O–H groups in total. The van der Waals surface area contributed by atoms with Crippen molar-refractivity contribution in [1.82, 2.24) is 4.90 Å². The van der Waals surface area contributed by atoms with Crippen molar-refractivity contribution in [2.75, 3.05) is 27.2 Å². The molecule has 0 unspecified atom stereocenters. The lowest BCUT2D eigenvalue weighted by molar-refractivity contribution is 0.369. The molecule has 0 aromatic heterocycles. The molecule has 0 spiro atoms. The third kappa shape index (κ3) is 3.49. The van der Waals surface area contributed by atoms with Gasteiger partial charge >= 0.3 is 0 Å². The van der Waals surface area contributed by atoms with E-state index in [1.807, 2.05) is 11.9 Å². The van der Waals surface area contributed by atoms with Crippen molar-refractivity contribution in [3.05, 3.63) is 26.7 Å². The van der Waals surface area contributed by atoms with Crippen LogP contribution in [0.5, 0.6) is 5.75 Å². The molecule has 0 aliphatic heterocycles. The van der Waals surface area contributed by atoms with Crippen molar-refractivity contribution in [3.8, 4) is 11.8 Å². The van der Waals surface area contributed by atoms with E-state index in [4.69, 9.17) is 10.00 Å². The van der Waals surface area contributed by atoms with Crippen molar-refractivity contribution >= 4 is 15.9 Å². The Morgan fingerprint density at radius 2 is 1.84 bits per heavy atom. The van der Waals surface area contributed by atoms with Gasteiger partial charge in [0.15, 0.2) is 0 Å². The van der Waals surface area contributed by atoms with Gasteiger partial charge in [-0.2, -0.15) is 5.26 Å². The normalized spacial score (nSPS) is 10.6. The first-order chi connectivity index (χ1) is 8.93. The van der Waals surface area contributed by atoms with E-state index in [-0.39, 0.29) is 0 Å². The van der Waals surface area contributed by atoms with Gasteiger partial charge in [0.1, 0.15) is 5.75 Å². The van der Waals surface area contributed by atoms with Crippen LogP contribution in [0.2, 0.25) is 0 Å². The van der Waals surface area contributed by atoms with Gasteiger partial charge in [-0.3, -0.25) is 4.90 Å². The smallest absolute Gasteiger partial charge is 0.125 e. The van der Waals surface area contributed by atoms with Crippen molar-refractivity contribution in [2.24, 2.45) is 0 Å². The fourth-order valence-corrected chi connectivity index (χ4v) is 2.76. The Balaban J connectivity index is 3.10. The van der Waals surface area contributed by atoms with E-state index in [1.54, 1.807) is 7.11 Å². The summed E-state index contributed by atoms with van der Waals surface area (Å²) in [6.45, 7) is 7.59. The average Bonchev–Trinajstić information content (AvgIpc) is 2.39. The fraction of sp³-hybridized carbons (Fsp3) is 0.533. The third-order valence-electron chi connectivity index (χ3n) is 3.58. The van der Waals surface area contributed by atoms with Crippen LogP contribution in [0.15, 0.2) is 4.47 Å². The van der Waals surface area contributed by atoms with Crippen LogP contribution in [0.4, 0.5) is 0 Å². The van der Waals surface area contributed by atoms with Crippen LogP contribution in [0, 0.1) is 32.1 Å². The fourth-order valence-electron chi connectivity index (χ4n) is 2.23. The molecular weight excluding hydrogens is 304 g/mol. The zero-order valence-corrected chi connectivity index (χ0v) is 13.9. The monoisotopic (exact) mass is 324 g/mol. The molecule has 0 atom stereocenters. The number of nitriles is 1. The summed E-state index contributed by atoms with van der Waals surface area (Å²) in [6.07, 6.45) is 0.882. The van der Waals surface area contributed by atoms with E-state index < -0.39 is 0 Å². The summed E-state index contributed by atoms with van der Waals surface area (Å²) >= 11 is 3.66. The van der Waals surface area contributed by atoms with Gasteiger partial charge in [-0.25, -0.2) is 0 Å². The minimum Gasteiger partial charge on any atom is -0.496 e. The van der Waals surface area contributed by atoms with Gasteiger partial charge in [-0.1, -0.05) is 15.9 Å². The van der Waals surface area contributed by atoms with Crippen LogP contribution < -0.4 is 4.74 Å². The number of rotatable bonds is 5. The number of halogens is 1. The molecule has 3 nitrogen and oxygen atoms in total. The summed E-state index contributed by atoms with van der Waals surface area (Å²) in [5.74, 6) is 0.976. The molecule has 0 radical (unpaired) electrons. The summed E-state index contributed by atoms with van der Waals surface area (Å²) in [7, 11) is 3.68. The maximum absolute atomic E-state index is 8.69. The number of hydrogen-bond acceptors (Lipinski definition) is 3. The Morgan fingerprint density at radius 1 is 1.21 bits per heavy atom. The predicted molar refractivity (Wildman–Crippen MR) is 81.7 cm³/mol. The lowest BCUT2D eigenvalue weighted by Crippen LogP contribution is -2.22. The molecule has 0 aliphatic carbocycles. The summed E-state index contributed by atoms with van der Waals surface area (Å²) in [4.78, 5) is 2.02. The zero-order valence-electron chi connectivity index (χ0n) is 12.3. The van der Waals surface area contributed by atoms with Crippen molar-refractivity contribution in [2.45, 2.75) is 27.2 Å². The van der Waals surface area contributed by atoms with Crippen molar-refractivity contribution < 1.29 is 4.74 Å². The molecule has 0 aliphatic rings. The third-order valence-corrected chi connectivity index (χ3v) is 4.77. The Labute approximate surface area is 124 Å². The largest absolute Gasteiger partial charge is 0.496 e. The van der Waals surface area contributed by atoms with Gasteiger partial charge in [0.05, 0.1) is 19.7 Å². The second-order valence-corrected chi connectivity index (χ2v) is 5.64. The van der Waals surface area contributed by atoms with Gasteiger partial charge in [0, 0.05) is 11.0 Å². The van der Waals surface area contributed by atoms with E-state index in [0.717, 1.165) is 23.2 Å². The van der Waals surface area contributed by atoms with Crippen molar-refractivity contribution in [3.63, 3.8) is 0 Å². The van der Waals surface area contributed by atoms with E-state index in [9.17, 15) is 0 Å². The first kappa shape index (κ1) is 16.0. The van der Waals surface area contributed by atoms with Crippen LogP contribution in [0.25, 0.3) is 0 Å². The minimum atomic E-state index is 0.452. The van der Waals surface area contributed by atoms with Gasteiger partial charge in [0.2, 0.25) is 0 Å². The molecule has 19 heavy (non-hydrogen) atoms. The summed E-state index contributed by atoms with van der Waals surface area (Å²) in [5.41, 5.74) is 4.86. The topological polar surface area (TPSA) is 36.3 Å². The first-order valence-corrected chi connectivity index (χ1v) is 7.10. The predicted octanol–water partition coefficient (Wildman–Crippen LogP) is 3.38. The Kier molecular flexibility index (Phi) is 5.84. The van der Waals surface area contributed by atoms with Crippen LogP contribution >= 0.6 is 15.9 Å². The number of benzene rings is 1. The lowest BCUT2D eigenvalue weighted by atomic mass is 9.96. The average molecular weight is 325 g/mol. The molecular formula is C15H21BrN2O. The van der Waals surface area contributed by atoms with Crippen LogP contribution in [-0.2, 0) is 6.42 Å². The minimum absolute atomic E-state index is 0.452. The van der Waals surface area contributed by atoms with Gasteiger partial charge in [0.25, 0.3) is 0 Å². The Bertz CT molecular complexity index is 506. The zero-order chi connectivity index (χ0) is 14.6. The highest BCUT2D eigenvalue weighted by molar-refractivity contribution is 9.10. The number of nitrogens with zero attached hydrogens (tertiary/aromatic N) is 2. The molecule has 1 aromatic carbocycles. The molecule has 0 fully saturated rings. The molecule has 1 aromatic rings. The summed E-state index contributed by atoms with van der Waals surface area (Å²) in [5, 5.41) is 8.69. The molecule has 1 rings (SSSR count). The number of ether oxygens (including phenoxy) is 1.